The first-order chi connectivity index (χ1) is 14.1. The van der Waals surface area contributed by atoms with Gasteiger partial charge in [-0.15, -0.1) is 0 Å². The molecular weight excluding hydrogens is 366 g/mol. The second-order valence-corrected chi connectivity index (χ2v) is 6.72. The second-order valence-electron chi connectivity index (χ2n) is 6.72. The molecule has 6 heteroatoms. The van der Waals surface area contributed by atoms with E-state index in [-0.39, 0.29) is 5.91 Å². The van der Waals surface area contributed by atoms with Gasteiger partial charge in [0.2, 0.25) is 11.8 Å². The molecule has 6 nitrogen and oxygen atoms in total. The molecule has 3 aromatic carbocycles. The monoisotopic (exact) mass is 387 g/mol. The van der Waals surface area contributed by atoms with Crippen LogP contribution in [0.4, 0.5) is 5.69 Å². The topological polar surface area (TPSA) is 90.4 Å². The first-order valence-corrected chi connectivity index (χ1v) is 9.28. The molecule has 1 amide bonds. The summed E-state index contributed by atoms with van der Waals surface area (Å²) in [5.74, 6) is 0.993. The molecule has 4 rings (SSSR count). The number of nitrogens with zero attached hydrogens (tertiary/aromatic N) is 1. The van der Waals surface area contributed by atoms with Gasteiger partial charge in [-0.3, -0.25) is 4.79 Å². The Morgan fingerprint density at radius 1 is 1.10 bits per heavy atom. The van der Waals surface area contributed by atoms with Crippen molar-refractivity contribution in [1.82, 2.24) is 4.98 Å². The van der Waals surface area contributed by atoms with Crippen LogP contribution in [0.3, 0.4) is 0 Å². The van der Waals surface area contributed by atoms with Crippen LogP contribution in [0, 0.1) is 0 Å². The fraction of sp³-hybridized carbons (Fsp3) is 0.130. The third-order valence-corrected chi connectivity index (χ3v) is 4.63. The Hall–Kier alpha value is -3.64. The van der Waals surface area contributed by atoms with E-state index in [0.29, 0.717) is 29.3 Å². The van der Waals surface area contributed by atoms with E-state index in [0.717, 1.165) is 16.6 Å². The van der Waals surface area contributed by atoms with Crippen LogP contribution in [0.25, 0.3) is 22.6 Å². The third-order valence-electron chi connectivity index (χ3n) is 4.63. The predicted molar refractivity (Wildman–Crippen MR) is 113 cm³/mol. The summed E-state index contributed by atoms with van der Waals surface area (Å²) in [7, 11) is 1.61. The highest BCUT2D eigenvalue weighted by Crippen LogP contribution is 2.27. The van der Waals surface area contributed by atoms with Crippen LogP contribution in [-0.4, -0.2) is 24.0 Å². The highest BCUT2D eigenvalue weighted by atomic mass is 16.5. The fourth-order valence-corrected chi connectivity index (χ4v) is 3.05. The molecule has 0 saturated heterocycles. The summed E-state index contributed by atoms with van der Waals surface area (Å²) >= 11 is 0. The van der Waals surface area contributed by atoms with Gasteiger partial charge in [-0.1, -0.05) is 30.3 Å². The van der Waals surface area contributed by atoms with Gasteiger partial charge in [0, 0.05) is 17.3 Å². The maximum Gasteiger partial charge on any atom is 0.241 e. The van der Waals surface area contributed by atoms with Crippen molar-refractivity contribution in [3.05, 3.63) is 78.4 Å². The number of fused-ring (bicyclic) bond motifs is 1. The van der Waals surface area contributed by atoms with E-state index in [2.05, 4.69) is 10.3 Å². The van der Waals surface area contributed by atoms with E-state index in [1.807, 2.05) is 54.6 Å². The number of aromatic nitrogens is 1. The molecule has 0 aliphatic rings. The van der Waals surface area contributed by atoms with Gasteiger partial charge in [0.05, 0.1) is 13.2 Å². The summed E-state index contributed by atoms with van der Waals surface area (Å²) < 4.78 is 11.0. The molecule has 0 spiro atoms. The maximum absolute atomic E-state index is 12.4. The number of ether oxygens (including phenoxy) is 1. The van der Waals surface area contributed by atoms with Crippen LogP contribution >= 0.6 is 0 Å². The Morgan fingerprint density at radius 3 is 2.59 bits per heavy atom. The van der Waals surface area contributed by atoms with Gasteiger partial charge in [-0.25, -0.2) is 4.98 Å². The Balaban J connectivity index is 1.44. The number of carbonyl (C=O) groups excluding carboxylic acids is 1. The zero-order chi connectivity index (χ0) is 20.2. The minimum absolute atomic E-state index is 0.226. The minimum atomic E-state index is -0.621. The van der Waals surface area contributed by atoms with Crippen molar-refractivity contribution in [3.63, 3.8) is 0 Å². The SMILES string of the molecule is COc1ccc2nc(-c3ccc(NC(=O)C(N)Cc4ccccc4)cc3)oc2c1. The normalized spacial score (nSPS) is 11.9. The number of nitrogens with one attached hydrogen (secondary N) is 1. The molecule has 0 radical (unpaired) electrons. The number of hydrogen-bond donors (Lipinski definition) is 2. The second kappa shape index (κ2) is 8.16. The van der Waals surface area contributed by atoms with Crippen LogP contribution in [0.2, 0.25) is 0 Å². The van der Waals surface area contributed by atoms with E-state index < -0.39 is 6.04 Å². The van der Waals surface area contributed by atoms with E-state index in [1.165, 1.54) is 0 Å². The number of anilines is 1. The van der Waals surface area contributed by atoms with E-state index in [1.54, 1.807) is 25.3 Å². The summed E-state index contributed by atoms with van der Waals surface area (Å²) in [6.07, 6.45) is 0.483. The van der Waals surface area contributed by atoms with Crippen LogP contribution < -0.4 is 15.8 Å². The molecule has 1 unspecified atom stereocenters. The highest BCUT2D eigenvalue weighted by molar-refractivity contribution is 5.95. The molecule has 29 heavy (non-hydrogen) atoms. The molecule has 1 heterocycles. The first-order valence-electron chi connectivity index (χ1n) is 9.28. The van der Waals surface area contributed by atoms with Gasteiger partial charge in [-0.05, 0) is 48.4 Å². The number of oxazole rings is 1. The van der Waals surface area contributed by atoms with Crippen molar-refractivity contribution in [2.24, 2.45) is 5.73 Å². The lowest BCUT2D eigenvalue weighted by atomic mass is 10.1. The average Bonchev–Trinajstić information content (AvgIpc) is 3.18. The molecule has 0 aliphatic heterocycles. The van der Waals surface area contributed by atoms with Gasteiger partial charge in [0.25, 0.3) is 0 Å². The van der Waals surface area contributed by atoms with Crippen LogP contribution in [0.15, 0.2) is 77.2 Å². The Kier molecular flexibility index (Phi) is 5.27. The van der Waals surface area contributed by atoms with Gasteiger partial charge in [0.15, 0.2) is 5.58 Å². The predicted octanol–water partition coefficient (Wildman–Crippen LogP) is 4.01. The third kappa shape index (κ3) is 4.28. The number of methoxy groups -OCH3 is 1. The Bertz CT molecular complexity index is 1120. The van der Waals surface area contributed by atoms with Crippen molar-refractivity contribution in [3.8, 4) is 17.2 Å². The standard InChI is InChI=1S/C23H21N3O3/c1-28-18-11-12-20-21(14-18)29-23(26-20)16-7-9-17(10-8-16)25-22(27)19(24)13-15-5-3-2-4-6-15/h2-12,14,19H,13,24H2,1H3,(H,25,27). The largest absolute Gasteiger partial charge is 0.497 e. The number of hydrogen-bond acceptors (Lipinski definition) is 5. The molecule has 0 aliphatic carbocycles. The van der Waals surface area contributed by atoms with Crippen LogP contribution in [0.5, 0.6) is 5.75 Å². The van der Waals surface area contributed by atoms with Crippen molar-refractivity contribution >= 4 is 22.7 Å². The van der Waals surface area contributed by atoms with Crippen LogP contribution in [0.1, 0.15) is 5.56 Å². The van der Waals surface area contributed by atoms with Crippen molar-refractivity contribution in [2.45, 2.75) is 12.5 Å². The summed E-state index contributed by atoms with van der Waals surface area (Å²) in [5.41, 5.74) is 9.95. The molecule has 1 aromatic heterocycles. The number of benzene rings is 3. The summed E-state index contributed by atoms with van der Waals surface area (Å²) in [6.45, 7) is 0. The zero-order valence-corrected chi connectivity index (χ0v) is 16.0. The Labute approximate surface area is 168 Å². The molecule has 0 fully saturated rings. The minimum Gasteiger partial charge on any atom is -0.497 e. The average molecular weight is 387 g/mol. The summed E-state index contributed by atoms with van der Waals surface area (Å²) in [5, 5.41) is 2.85. The van der Waals surface area contributed by atoms with Gasteiger partial charge in [-0.2, -0.15) is 0 Å². The maximum atomic E-state index is 12.4. The molecule has 4 aromatic rings. The van der Waals surface area contributed by atoms with Gasteiger partial charge >= 0.3 is 0 Å². The molecule has 3 N–H and O–H groups in total. The lowest BCUT2D eigenvalue weighted by Crippen LogP contribution is -2.37. The van der Waals surface area contributed by atoms with Gasteiger partial charge < -0.3 is 20.2 Å². The smallest absolute Gasteiger partial charge is 0.241 e. The Morgan fingerprint density at radius 2 is 1.86 bits per heavy atom. The summed E-state index contributed by atoms with van der Waals surface area (Å²) in [6, 6.07) is 21.9. The molecular formula is C23H21N3O3. The number of amides is 1. The number of rotatable bonds is 6. The number of nitrogens with two attached hydrogens (primary N) is 1. The zero-order valence-electron chi connectivity index (χ0n) is 16.0. The highest BCUT2D eigenvalue weighted by Gasteiger charge is 2.15. The number of carbonyl (C=O) groups is 1. The lowest BCUT2D eigenvalue weighted by molar-refractivity contribution is -0.117. The first kappa shape index (κ1) is 18.7. The molecule has 0 saturated carbocycles. The lowest BCUT2D eigenvalue weighted by Gasteiger charge is -2.12. The quantitative estimate of drug-likeness (QED) is 0.522. The van der Waals surface area contributed by atoms with E-state index in [9.17, 15) is 4.79 Å². The fourth-order valence-electron chi connectivity index (χ4n) is 3.05. The summed E-state index contributed by atoms with van der Waals surface area (Å²) in [4.78, 5) is 16.9. The van der Waals surface area contributed by atoms with Crippen molar-refractivity contribution in [2.75, 3.05) is 12.4 Å². The van der Waals surface area contributed by atoms with E-state index >= 15 is 0 Å². The molecule has 0 bridgehead atoms. The van der Waals surface area contributed by atoms with Crippen LogP contribution in [-0.2, 0) is 11.2 Å². The van der Waals surface area contributed by atoms with Crippen molar-refractivity contribution in [1.29, 1.82) is 0 Å². The molecule has 1 atom stereocenters. The molecule has 146 valence electrons. The van der Waals surface area contributed by atoms with Gasteiger partial charge in [0.1, 0.15) is 11.3 Å². The van der Waals surface area contributed by atoms with Crippen molar-refractivity contribution < 1.29 is 13.9 Å². The van der Waals surface area contributed by atoms with E-state index in [4.69, 9.17) is 14.9 Å².